The molecule has 1 rings (SSSR count). The highest BCUT2D eigenvalue weighted by Crippen LogP contribution is 2.05. The Kier molecular flexibility index (Phi) is 1.21. The van der Waals surface area contributed by atoms with Crippen LogP contribution in [0.2, 0.25) is 0 Å². The highest BCUT2D eigenvalue weighted by molar-refractivity contribution is 7.73. The third-order valence-electron chi connectivity index (χ3n) is 0.429. The topological polar surface area (TPSA) is 13.1 Å². The molecule has 4 heteroatoms. The van der Waals surface area contributed by atoms with Crippen LogP contribution in [0.4, 0.5) is 4.39 Å². The minimum atomic E-state index is -0.602. The molecule has 0 aliphatic rings. The van der Waals surface area contributed by atoms with E-state index in [1.165, 1.54) is 5.38 Å². The lowest BCUT2D eigenvalue weighted by Gasteiger charge is -1.63. The van der Waals surface area contributed by atoms with Gasteiger partial charge in [-0.25, -0.2) is 0 Å². The molecule has 1 nitrogen and oxygen atoms in total. The molecule has 0 N–H and O–H groups in total. The fourth-order valence-corrected chi connectivity index (χ4v) is 0.811. The van der Waals surface area contributed by atoms with Crippen molar-refractivity contribution in [2.75, 3.05) is 0 Å². The van der Waals surface area contributed by atoms with Crippen molar-refractivity contribution in [3.8, 4) is 0 Å². The molecule has 0 spiro atoms. The summed E-state index contributed by atoms with van der Waals surface area (Å²) in [6.45, 7) is 0. The predicted octanol–water partition coefficient (Wildman–Crippen LogP) is 2.21. The van der Waals surface area contributed by atoms with Crippen LogP contribution in [-0.4, -0.2) is 0 Å². The number of rotatable bonds is 0. The van der Waals surface area contributed by atoms with E-state index in [1.54, 1.807) is 0 Å². The first kappa shape index (κ1) is 4.93. The molecule has 1 heterocycles. The summed E-state index contributed by atoms with van der Waals surface area (Å²) in [6, 6.07) is -0.602. The van der Waals surface area contributed by atoms with Crippen LogP contribution in [0.3, 0.4) is 0 Å². The Morgan fingerprint density at radius 3 is 2.71 bits per heavy atom. The molecule has 38 valence electrons. The Morgan fingerprint density at radius 2 is 2.57 bits per heavy atom. The first-order valence-corrected chi connectivity index (χ1v) is 2.82. The van der Waals surface area contributed by atoms with Gasteiger partial charge in [-0.15, -0.1) is 0 Å². The maximum Gasteiger partial charge on any atom is 0.289 e. The van der Waals surface area contributed by atoms with Gasteiger partial charge >= 0.3 is 0 Å². The fourth-order valence-electron chi connectivity index (χ4n) is 0.222. The lowest BCUT2D eigenvalue weighted by Crippen LogP contribution is -1.50. The molecular formula is C3HFOS2. The molecule has 1 aromatic heterocycles. The van der Waals surface area contributed by atoms with Crippen LogP contribution in [0, 0.1) is 10.0 Å². The van der Waals surface area contributed by atoms with Crippen molar-refractivity contribution in [1.29, 1.82) is 0 Å². The van der Waals surface area contributed by atoms with Gasteiger partial charge in [0.2, 0.25) is 4.02 Å². The van der Waals surface area contributed by atoms with Crippen LogP contribution >= 0.6 is 23.6 Å². The van der Waals surface area contributed by atoms with Crippen molar-refractivity contribution < 1.29 is 8.81 Å². The van der Waals surface area contributed by atoms with Crippen molar-refractivity contribution in [2.24, 2.45) is 0 Å². The fraction of sp³-hybridized carbons (Fsp3) is 0. The Balaban J connectivity index is 3.30. The Bertz CT molecular complexity index is 201. The largest absolute Gasteiger partial charge is 0.409 e. The summed E-state index contributed by atoms with van der Waals surface area (Å²) >= 11 is 5.52. The molecule has 0 aliphatic carbocycles. The lowest BCUT2D eigenvalue weighted by molar-refractivity contribution is 0.353. The number of hydrogen-bond donors (Lipinski definition) is 0. The summed E-state index contributed by atoms with van der Waals surface area (Å²) in [5.74, 6) is 0. The quantitative estimate of drug-likeness (QED) is 0.507. The van der Waals surface area contributed by atoms with Gasteiger partial charge in [-0.1, -0.05) is 11.3 Å². The van der Waals surface area contributed by atoms with Gasteiger partial charge in [0.25, 0.3) is 6.01 Å². The van der Waals surface area contributed by atoms with E-state index >= 15 is 0 Å². The molecule has 0 aliphatic heterocycles. The Hall–Kier alpha value is -0.220. The molecular weight excluding hydrogens is 135 g/mol. The second-order valence-electron chi connectivity index (χ2n) is 0.892. The van der Waals surface area contributed by atoms with Crippen LogP contribution < -0.4 is 0 Å². The molecule has 7 heavy (non-hydrogen) atoms. The zero-order chi connectivity index (χ0) is 5.28. The summed E-state index contributed by atoms with van der Waals surface area (Å²) in [4.78, 5) is 0. The Morgan fingerprint density at radius 1 is 1.86 bits per heavy atom. The lowest BCUT2D eigenvalue weighted by atomic mass is 11.0. The molecule has 0 aromatic carbocycles. The summed E-state index contributed by atoms with van der Waals surface area (Å²) < 4.78 is 16.2. The molecule has 0 radical (unpaired) electrons. The summed E-state index contributed by atoms with van der Waals surface area (Å²) in [5.41, 5.74) is 0. The highest BCUT2D eigenvalue weighted by atomic mass is 32.1. The standard InChI is InChI=1S/C3HFOS2/c4-2-1-7-3(6)5-2/h1H. The van der Waals surface area contributed by atoms with E-state index in [1.807, 2.05) is 0 Å². The SMILES string of the molecule is Fc1csc(=S)o1. The predicted molar refractivity (Wildman–Crippen MR) is 27.4 cm³/mol. The van der Waals surface area contributed by atoms with Gasteiger partial charge in [0.15, 0.2) is 0 Å². The molecule has 0 saturated heterocycles. The van der Waals surface area contributed by atoms with Crippen LogP contribution in [0.5, 0.6) is 0 Å². The van der Waals surface area contributed by atoms with Gasteiger partial charge in [0.05, 0.1) is 5.38 Å². The number of hydrogen-bond acceptors (Lipinski definition) is 3. The summed E-state index contributed by atoms with van der Waals surface area (Å²) in [7, 11) is 0. The van der Waals surface area contributed by atoms with Crippen LogP contribution in [0.15, 0.2) is 9.80 Å². The maximum atomic E-state index is 11.7. The van der Waals surface area contributed by atoms with Crippen molar-refractivity contribution in [1.82, 2.24) is 0 Å². The molecule has 1 aromatic rings. The minimum absolute atomic E-state index is 0.234. The van der Waals surface area contributed by atoms with E-state index in [0.29, 0.717) is 0 Å². The minimum Gasteiger partial charge on any atom is -0.409 e. The van der Waals surface area contributed by atoms with Crippen molar-refractivity contribution in [3.63, 3.8) is 0 Å². The summed E-state index contributed by atoms with van der Waals surface area (Å²) in [6.07, 6.45) is 0. The van der Waals surface area contributed by atoms with Crippen LogP contribution in [-0.2, 0) is 0 Å². The average molecular weight is 136 g/mol. The van der Waals surface area contributed by atoms with Gasteiger partial charge in [0.1, 0.15) is 0 Å². The zero-order valence-electron chi connectivity index (χ0n) is 3.18. The molecule has 0 atom stereocenters. The monoisotopic (exact) mass is 136 g/mol. The zero-order valence-corrected chi connectivity index (χ0v) is 4.81. The van der Waals surface area contributed by atoms with Gasteiger partial charge in [-0.2, -0.15) is 4.39 Å². The smallest absolute Gasteiger partial charge is 0.289 e. The normalized spacial score (nSPS) is 9.29. The highest BCUT2D eigenvalue weighted by Gasteiger charge is 1.88. The van der Waals surface area contributed by atoms with Crippen LogP contribution in [0.1, 0.15) is 0 Å². The third-order valence-corrected chi connectivity index (χ3v) is 1.38. The maximum absolute atomic E-state index is 11.7. The van der Waals surface area contributed by atoms with Crippen molar-refractivity contribution >= 4 is 23.6 Å². The second-order valence-corrected chi connectivity index (χ2v) is 2.36. The first-order chi connectivity index (χ1) is 3.29. The Labute approximate surface area is 48.4 Å². The van der Waals surface area contributed by atoms with Gasteiger partial charge in [0, 0.05) is 0 Å². The van der Waals surface area contributed by atoms with E-state index in [2.05, 4.69) is 16.6 Å². The molecule has 0 bridgehead atoms. The van der Waals surface area contributed by atoms with Gasteiger partial charge in [-0.05, 0) is 12.2 Å². The van der Waals surface area contributed by atoms with E-state index in [4.69, 9.17) is 0 Å². The molecule has 0 unspecified atom stereocenters. The van der Waals surface area contributed by atoms with E-state index < -0.39 is 6.01 Å². The van der Waals surface area contributed by atoms with E-state index in [-0.39, 0.29) is 4.02 Å². The average Bonchev–Trinajstić information content (AvgIpc) is 1.87. The molecule has 0 fully saturated rings. The first-order valence-electron chi connectivity index (χ1n) is 1.53. The van der Waals surface area contributed by atoms with Gasteiger partial charge < -0.3 is 4.42 Å². The van der Waals surface area contributed by atoms with Crippen molar-refractivity contribution in [2.45, 2.75) is 0 Å². The third kappa shape index (κ3) is 1.07. The van der Waals surface area contributed by atoms with Crippen LogP contribution in [0.25, 0.3) is 0 Å². The summed E-state index contributed by atoms with van der Waals surface area (Å²) in [5, 5.41) is 1.22. The van der Waals surface area contributed by atoms with E-state index in [0.717, 1.165) is 11.3 Å². The molecule has 0 amide bonds. The van der Waals surface area contributed by atoms with Crippen molar-refractivity contribution in [3.05, 3.63) is 15.4 Å². The molecule has 0 saturated carbocycles. The second kappa shape index (κ2) is 1.71. The van der Waals surface area contributed by atoms with E-state index in [9.17, 15) is 4.39 Å². The number of halogens is 1. The van der Waals surface area contributed by atoms with Gasteiger partial charge in [-0.3, -0.25) is 0 Å².